The summed E-state index contributed by atoms with van der Waals surface area (Å²) in [5.74, 6) is -2.52. The number of amides is 2. The number of aliphatic carboxylic acids is 1. The van der Waals surface area contributed by atoms with Crippen LogP contribution in [0.1, 0.15) is 22.8 Å². The quantitative estimate of drug-likeness (QED) is 0.785. The van der Waals surface area contributed by atoms with E-state index in [9.17, 15) is 19.5 Å². The van der Waals surface area contributed by atoms with Gasteiger partial charge in [0.25, 0.3) is 5.91 Å². The second kappa shape index (κ2) is 8.44. The van der Waals surface area contributed by atoms with Gasteiger partial charge in [-0.1, -0.05) is 37.3 Å². The second-order valence-corrected chi connectivity index (χ2v) is 5.15. The molecule has 2 rings (SSSR count). The van der Waals surface area contributed by atoms with E-state index in [1.165, 1.54) is 0 Å². The number of carboxylic acids is 1. The zero-order chi connectivity index (χ0) is 18.2. The van der Waals surface area contributed by atoms with Crippen molar-refractivity contribution < 1.29 is 19.5 Å². The highest BCUT2D eigenvalue weighted by Gasteiger charge is 2.13. The van der Waals surface area contributed by atoms with E-state index in [4.69, 9.17) is 0 Å². The summed E-state index contributed by atoms with van der Waals surface area (Å²) in [7, 11) is 0. The fourth-order valence-corrected chi connectivity index (χ4v) is 2.25. The number of carboxylic acid groups (broad SMARTS) is 1. The van der Waals surface area contributed by atoms with Crippen LogP contribution in [0.3, 0.4) is 0 Å². The van der Waals surface area contributed by atoms with E-state index in [1.54, 1.807) is 30.3 Å². The number of hydrogen-bond acceptors (Lipinski definition) is 4. The van der Waals surface area contributed by atoms with Crippen LogP contribution in [-0.4, -0.2) is 17.8 Å². The Morgan fingerprint density at radius 3 is 2.24 bits per heavy atom. The number of hydrogen-bond donors (Lipinski definition) is 2. The van der Waals surface area contributed by atoms with E-state index >= 15 is 0 Å². The molecule has 0 unspecified atom stereocenters. The molecule has 0 aliphatic carbocycles. The number of rotatable bonds is 6. The van der Waals surface area contributed by atoms with Crippen molar-refractivity contribution in [3.05, 3.63) is 71.8 Å². The standard InChI is InChI=1S/C19H18N2O4/c1-2-13-7-3-5-9-15(13)21-19(25)14-8-4-6-10-16(14)20-17(22)11-12-18(23)24/h3-12H,2H2,1H3,(H,20,22)(H,21,25)(H,23,24)/p-1. The lowest BCUT2D eigenvalue weighted by Gasteiger charge is -2.12. The Labute approximate surface area is 145 Å². The zero-order valence-corrected chi connectivity index (χ0v) is 13.6. The summed E-state index contributed by atoms with van der Waals surface area (Å²) >= 11 is 0. The molecule has 0 spiro atoms. The molecule has 0 aliphatic heterocycles. The largest absolute Gasteiger partial charge is 0.545 e. The van der Waals surface area contributed by atoms with Gasteiger partial charge in [-0.05, 0) is 36.3 Å². The van der Waals surface area contributed by atoms with Crippen molar-refractivity contribution in [2.24, 2.45) is 0 Å². The van der Waals surface area contributed by atoms with Gasteiger partial charge >= 0.3 is 0 Å². The summed E-state index contributed by atoms with van der Waals surface area (Å²) in [5, 5.41) is 15.7. The number of carbonyl (C=O) groups is 3. The topological polar surface area (TPSA) is 98.3 Å². The van der Waals surface area contributed by atoms with Crippen LogP contribution >= 0.6 is 0 Å². The van der Waals surface area contributed by atoms with Crippen LogP contribution in [0.15, 0.2) is 60.7 Å². The van der Waals surface area contributed by atoms with Gasteiger partial charge in [0.1, 0.15) is 0 Å². The second-order valence-electron chi connectivity index (χ2n) is 5.15. The Morgan fingerprint density at radius 2 is 1.56 bits per heavy atom. The van der Waals surface area contributed by atoms with E-state index in [0.717, 1.165) is 18.1 Å². The highest BCUT2D eigenvalue weighted by Crippen LogP contribution is 2.20. The van der Waals surface area contributed by atoms with Crippen molar-refractivity contribution in [2.75, 3.05) is 10.6 Å². The third-order valence-electron chi connectivity index (χ3n) is 3.45. The van der Waals surface area contributed by atoms with Crippen LogP contribution in [0.2, 0.25) is 0 Å². The fourth-order valence-electron chi connectivity index (χ4n) is 2.25. The van der Waals surface area contributed by atoms with Gasteiger partial charge in [0.15, 0.2) is 0 Å². The first-order chi connectivity index (χ1) is 12.0. The SMILES string of the molecule is CCc1ccccc1NC(=O)c1ccccc1NC(=O)C=CC(=O)[O-]. The van der Waals surface area contributed by atoms with Crippen LogP contribution in [-0.2, 0) is 16.0 Å². The predicted octanol–water partition coefficient (Wildman–Crippen LogP) is 1.75. The summed E-state index contributed by atoms with van der Waals surface area (Å²) in [6.45, 7) is 1.99. The molecule has 0 aromatic heterocycles. The Kier molecular flexibility index (Phi) is 6.06. The molecule has 0 saturated carbocycles. The molecule has 0 fully saturated rings. The highest BCUT2D eigenvalue weighted by molar-refractivity contribution is 6.11. The predicted molar refractivity (Wildman–Crippen MR) is 93.0 cm³/mol. The van der Waals surface area contributed by atoms with Gasteiger partial charge in [-0.2, -0.15) is 0 Å². The van der Waals surface area contributed by atoms with E-state index < -0.39 is 11.9 Å². The molecule has 128 valence electrons. The molecule has 2 aromatic rings. The van der Waals surface area contributed by atoms with E-state index in [2.05, 4.69) is 10.6 Å². The number of para-hydroxylation sites is 2. The Hall–Kier alpha value is -3.41. The maximum atomic E-state index is 12.6. The summed E-state index contributed by atoms with van der Waals surface area (Å²) in [5.41, 5.74) is 2.24. The minimum absolute atomic E-state index is 0.267. The lowest BCUT2D eigenvalue weighted by molar-refractivity contribution is -0.297. The lowest BCUT2D eigenvalue weighted by atomic mass is 10.1. The van der Waals surface area contributed by atoms with Crippen molar-refractivity contribution in [2.45, 2.75) is 13.3 Å². The molecule has 0 saturated heterocycles. The summed E-state index contributed by atoms with van der Waals surface area (Å²) in [4.78, 5) is 34.6. The molecular formula is C19H17N2O4-. The van der Waals surface area contributed by atoms with Crippen LogP contribution in [0, 0.1) is 0 Å². The first-order valence-electron chi connectivity index (χ1n) is 7.69. The highest BCUT2D eigenvalue weighted by atomic mass is 16.4. The third-order valence-corrected chi connectivity index (χ3v) is 3.45. The number of aryl methyl sites for hydroxylation is 1. The van der Waals surface area contributed by atoms with Crippen LogP contribution in [0.4, 0.5) is 11.4 Å². The minimum Gasteiger partial charge on any atom is -0.545 e. The van der Waals surface area contributed by atoms with Crippen molar-refractivity contribution in [1.29, 1.82) is 0 Å². The summed E-state index contributed by atoms with van der Waals surface area (Å²) < 4.78 is 0. The number of anilines is 2. The molecule has 6 nitrogen and oxygen atoms in total. The monoisotopic (exact) mass is 337 g/mol. The molecule has 0 heterocycles. The zero-order valence-electron chi connectivity index (χ0n) is 13.6. The van der Waals surface area contributed by atoms with Gasteiger partial charge in [-0.15, -0.1) is 0 Å². The van der Waals surface area contributed by atoms with Gasteiger partial charge in [-0.25, -0.2) is 0 Å². The average Bonchev–Trinajstić information content (AvgIpc) is 2.61. The molecule has 2 aromatic carbocycles. The van der Waals surface area contributed by atoms with Crippen molar-refractivity contribution >= 4 is 29.2 Å². The third kappa shape index (κ3) is 5.04. The number of benzene rings is 2. The van der Waals surface area contributed by atoms with Crippen LogP contribution < -0.4 is 15.7 Å². The van der Waals surface area contributed by atoms with Crippen molar-refractivity contribution in [3.63, 3.8) is 0 Å². The van der Waals surface area contributed by atoms with Gasteiger partial charge in [0.2, 0.25) is 5.91 Å². The molecule has 0 atom stereocenters. The van der Waals surface area contributed by atoms with Gasteiger partial charge in [-0.3, -0.25) is 9.59 Å². The first-order valence-corrected chi connectivity index (χ1v) is 7.69. The normalized spacial score (nSPS) is 10.4. The smallest absolute Gasteiger partial charge is 0.257 e. The molecule has 25 heavy (non-hydrogen) atoms. The molecule has 6 heteroatoms. The number of carbonyl (C=O) groups excluding carboxylic acids is 3. The average molecular weight is 337 g/mol. The molecule has 2 N–H and O–H groups in total. The maximum absolute atomic E-state index is 12.6. The molecule has 0 radical (unpaired) electrons. The lowest BCUT2D eigenvalue weighted by Crippen LogP contribution is -2.20. The fraction of sp³-hybridized carbons (Fsp3) is 0.105. The Morgan fingerprint density at radius 1 is 0.920 bits per heavy atom. The van der Waals surface area contributed by atoms with Crippen LogP contribution in [0.25, 0.3) is 0 Å². The Balaban J connectivity index is 2.20. The maximum Gasteiger partial charge on any atom is 0.257 e. The molecule has 0 aliphatic rings. The molecular weight excluding hydrogens is 320 g/mol. The van der Waals surface area contributed by atoms with Gasteiger partial charge < -0.3 is 20.5 Å². The van der Waals surface area contributed by atoms with Gasteiger partial charge in [0, 0.05) is 11.8 Å². The summed E-state index contributed by atoms with van der Waals surface area (Å²) in [6, 6.07) is 13.9. The number of nitrogens with one attached hydrogen (secondary N) is 2. The Bertz CT molecular complexity index is 828. The van der Waals surface area contributed by atoms with E-state index in [0.29, 0.717) is 11.8 Å². The molecule has 2 amide bonds. The van der Waals surface area contributed by atoms with E-state index in [1.807, 2.05) is 25.1 Å². The van der Waals surface area contributed by atoms with Crippen LogP contribution in [0.5, 0.6) is 0 Å². The first kappa shape index (κ1) is 17.9. The molecule has 0 bridgehead atoms. The van der Waals surface area contributed by atoms with Gasteiger partial charge in [0.05, 0.1) is 17.2 Å². The van der Waals surface area contributed by atoms with Crippen molar-refractivity contribution in [3.8, 4) is 0 Å². The minimum atomic E-state index is -1.47. The van der Waals surface area contributed by atoms with Crippen molar-refractivity contribution in [1.82, 2.24) is 0 Å². The van der Waals surface area contributed by atoms with E-state index in [-0.39, 0.29) is 17.2 Å². The summed E-state index contributed by atoms with van der Waals surface area (Å²) in [6.07, 6.45) is 2.22.